The molecule has 0 amide bonds. The molecule has 6 heteroatoms. The predicted molar refractivity (Wildman–Crippen MR) is 90.0 cm³/mol. The summed E-state index contributed by atoms with van der Waals surface area (Å²) in [6, 6.07) is 14.4. The van der Waals surface area contributed by atoms with Crippen molar-refractivity contribution in [1.29, 1.82) is 0 Å². The van der Waals surface area contributed by atoms with Crippen molar-refractivity contribution in [3.05, 3.63) is 64.7 Å². The van der Waals surface area contributed by atoms with Crippen LogP contribution in [0.3, 0.4) is 0 Å². The minimum absolute atomic E-state index is 0.0646. The second-order valence-electron chi connectivity index (χ2n) is 5.70. The van der Waals surface area contributed by atoms with Gasteiger partial charge in [0.25, 0.3) is 0 Å². The third-order valence-electron chi connectivity index (χ3n) is 3.84. The zero-order valence-electron chi connectivity index (χ0n) is 12.8. The first-order chi connectivity index (χ1) is 10.9. The molecule has 0 radical (unpaired) electrons. The smallest absolute Gasteiger partial charge is 0.243 e. The summed E-state index contributed by atoms with van der Waals surface area (Å²) in [5.74, 6) is 0. The molecule has 4 nitrogen and oxygen atoms in total. The largest absolute Gasteiger partial charge is 0.371 e. The van der Waals surface area contributed by atoms with Crippen LogP contribution in [0.1, 0.15) is 11.1 Å². The molecule has 1 aliphatic rings. The van der Waals surface area contributed by atoms with Crippen LogP contribution in [0.25, 0.3) is 0 Å². The van der Waals surface area contributed by atoms with Crippen LogP contribution in [0, 0.1) is 6.92 Å². The van der Waals surface area contributed by atoms with E-state index in [2.05, 4.69) is 0 Å². The Balaban J connectivity index is 1.55. The average Bonchev–Trinajstić information content (AvgIpc) is 2.47. The van der Waals surface area contributed by atoms with E-state index < -0.39 is 10.0 Å². The Hall–Kier alpha value is -1.40. The molecule has 0 atom stereocenters. The summed E-state index contributed by atoms with van der Waals surface area (Å²) in [6.45, 7) is 3.13. The van der Waals surface area contributed by atoms with Gasteiger partial charge in [-0.05, 0) is 42.3 Å². The van der Waals surface area contributed by atoms with Crippen molar-refractivity contribution in [3.8, 4) is 0 Å². The Labute approximate surface area is 141 Å². The first kappa shape index (κ1) is 16.5. The second-order valence-corrected chi connectivity index (χ2v) is 8.07. The highest BCUT2D eigenvalue weighted by molar-refractivity contribution is 7.89. The number of aryl methyl sites for hydroxylation is 1. The monoisotopic (exact) mass is 351 g/mol. The van der Waals surface area contributed by atoms with Crippen LogP contribution in [-0.4, -0.2) is 31.9 Å². The lowest BCUT2D eigenvalue weighted by atomic mass is 10.2. The summed E-state index contributed by atoms with van der Waals surface area (Å²) in [5.41, 5.74) is 1.96. The Morgan fingerprint density at radius 1 is 1.17 bits per heavy atom. The molecule has 1 aliphatic heterocycles. The highest BCUT2D eigenvalue weighted by Crippen LogP contribution is 2.24. The van der Waals surface area contributed by atoms with E-state index in [4.69, 9.17) is 16.3 Å². The molecule has 1 saturated heterocycles. The summed E-state index contributed by atoms with van der Waals surface area (Å²) in [6.07, 6.45) is -0.0646. The van der Waals surface area contributed by atoms with Crippen LogP contribution in [0.2, 0.25) is 5.02 Å². The van der Waals surface area contributed by atoms with E-state index in [1.54, 1.807) is 18.2 Å². The zero-order valence-corrected chi connectivity index (χ0v) is 14.3. The summed E-state index contributed by atoms with van der Waals surface area (Å²) < 4.78 is 32.2. The maximum atomic E-state index is 12.5. The molecule has 0 spiro atoms. The van der Waals surface area contributed by atoms with Crippen LogP contribution in [0.15, 0.2) is 53.4 Å². The van der Waals surface area contributed by atoms with Crippen LogP contribution in [0.5, 0.6) is 0 Å². The number of sulfonamides is 1. The molecule has 3 rings (SSSR count). The van der Waals surface area contributed by atoms with Gasteiger partial charge in [0.2, 0.25) is 10.0 Å². The van der Waals surface area contributed by atoms with Crippen LogP contribution in [-0.2, 0) is 21.4 Å². The predicted octanol–water partition coefficient (Wildman–Crippen LogP) is 3.24. The van der Waals surface area contributed by atoms with Gasteiger partial charge in [-0.15, -0.1) is 0 Å². The van der Waals surface area contributed by atoms with Gasteiger partial charge in [0.05, 0.1) is 17.6 Å². The highest BCUT2D eigenvalue weighted by Gasteiger charge is 2.37. The fourth-order valence-corrected chi connectivity index (χ4v) is 4.16. The van der Waals surface area contributed by atoms with Crippen LogP contribution in [0.4, 0.5) is 0 Å². The summed E-state index contributed by atoms with van der Waals surface area (Å²) in [5, 5.41) is 0.688. The van der Waals surface area contributed by atoms with E-state index in [1.165, 1.54) is 4.31 Å². The van der Waals surface area contributed by atoms with Crippen molar-refractivity contribution in [2.45, 2.75) is 24.5 Å². The van der Waals surface area contributed by atoms with Crippen molar-refractivity contribution in [2.75, 3.05) is 13.1 Å². The lowest BCUT2D eigenvalue weighted by Crippen LogP contribution is -2.54. The van der Waals surface area contributed by atoms with Crippen molar-refractivity contribution in [3.63, 3.8) is 0 Å². The van der Waals surface area contributed by atoms with Gasteiger partial charge in [-0.2, -0.15) is 4.31 Å². The molecule has 0 aromatic heterocycles. The van der Waals surface area contributed by atoms with E-state index >= 15 is 0 Å². The molecule has 0 bridgehead atoms. The first-order valence-corrected chi connectivity index (χ1v) is 9.20. The molecule has 2 aromatic rings. The Bertz CT molecular complexity index is 784. The van der Waals surface area contributed by atoms with Gasteiger partial charge < -0.3 is 4.74 Å². The van der Waals surface area contributed by atoms with Crippen LogP contribution < -0.4 is 0 Å². The minimum atomic E-state index is -3.41. The molecule has 0 unspecified atom stereocenters. The Morgan fingerprint density at radius 3 is 2.52 bits per heavy atom. The van der Waals surface area contributed by atoms with E-state index in [9.17, 15) is 8.42 Å². The first-order valence-electron chi connectivity index (χ1n) is 7.38. The maximum Gasteiger partial charge on any atom is 0.243 e. The van der Waals surface area contributed by atoms with E-state index in [-0.39, 0.29) is 6.10 Å². The SMILES string of the molecule is Cc1cccc(S(=O)(=O)N2CC(OCc3ccc(Cl)cc3)C2)c1. The van der Waals surface area contributed by atoms with Crippen molar-refractivity contribution in [2.24, 2.45) is 0 Å². The Morgan fingerprint density at radius 2 is 1.87 bits per heavy atom. The lowest BCUT2D eigenvalue weighted by Gasteiger charge is -2.37. The van der Waals surface area contributed by atoms with Gasteiger partial charge in [0.1, 0.15) is 0 Å². The fourth-order valence-electron chi connectivity index (χ4n) is 2.42. The average molecular weight is 352 g/mol. The summed E-state index contributed by atoms with van der Waals surface area (Å²) in [7, 11) is -3.41. The van der Waals surface area contributed by atoms with Gasteiger partial charge in [0.15, 0.2) is 0 Å². The fraction of sp³-hybridized carbons (Fsp3) is 0.294. The molecule has 0 saturated carbocycles. The number of benzene rings is 2. The van der Waals surface area contributed by atoms with Gasteiger partial charge in [-0.25, -0.2) is 8.42 Å². The number of nitrogens with zero attached hydrogens (tertiary/aromatic N) is 1. The van der Waals surface area contributed by atoms with Gasteiger partial charge >= 0.3 is 0 Å². The molecular formula is C17H18ClNO3S. The molecule has 1 fully saturated rings. The number of hydrogen-bond acceptors (Lipinski definition) is 3. The van der Waals surface area contributed by atoms with Gasteiger partial charge in [0, 0.05) is 18.1 Å². The third kappa shape index (κ3) is 3.75. The molecule has 0 aliphatic carbocycles. The molecule has 122 valence electrons. The number of halogens is 1. The summed E-state index contributed by atoms with van der Waals surface area (Å²) >= 11 is 5.84. The standard InChI is InChI=1S/C17H18ClNO3S/c1-13-3-2-4-17(9-13)23(20,21)19-10-16(11-19)22-12-14-5-7-15(18)8-6-14/h2-9,16H,10-12H2,1H3. The van der Waals surface area contributed by atoms with Gasteiger partial charge in [-0.1, -0.05) is 35.9 Å². The van der Waals surface area contributed by atoms with Crippen molar-refractivity contribution < 1.29 is 13.2 Å². The maximum absolute atomic E-state index is 12.5. The minimum Gasteiger partial charge on any atom is -0.371 e. The molecule has 0 N–H and O–H groups in total. The highest BCUT2D eigenvalue weighted by atomic mass is 35.5. The van der Waals surface area contributed by atoms with E-state index in [0.29, 0.717) is 29.6 Å². The molecule has 23 heavy (non-hydrogen) atoms. The number of ether oxygens (including phenoxy) is 1. The lowest BCUT2D eigenvalue weighted by molar-refractivity contribution is -0.0295. The topological polar surface area (TPSA) is 46.6 Å². The van der Waals surface area contributed by atoms with Crippen LogP contribution >= 0.6 is 11.6 Å². The van der Waals surface area contributed by atoms with E-state index in [0.717, 1.165) is 11.1 Å². The van der Waals surface area contributed by atoms with Crippen molar-refractivity contribution >= 4 is 21.6 Å². The Kier molecular flexibility index (Phi) is 4.73. The second kappa shape index (κ2) is 6.61. The van der Waals surface area contributed by atoms with Crippen molar-refractivity contribution in [1.82, 2.24) is 4.31 Å². The summed E-state index contributed by atoms with van der Waals surface area (Å²) in [4.78, 5) is 0.341. The molecular weight excluding hydrogens is 334 g/mol. The third-order valence-corrected chi connectivity index (χ3v) is 5.92. The molecule has 1 heterocycles. The normalized spacial score (nSPS) is 16.3. The van der Waals surface area contributed by atoms with E-state index in [1.807, 2.05) is 37.3 Å². The quantitative estimate of drug-likeness (QED) is 0.830. The van der Waals surface area contributed by atoms with Gasteiger partial charge in [-0.3, -0.25) is 0 Å². The number of hydrogen-bond donors (Lipinski definition) is 0. The molecule has 2 aromatic carbocycles. The zero-order chi connectivity index (χ0) is 16.4. The number of rotatable bonds is 5.